The predicted molar refractivity (Wildman–Crippen MR) is 179 cm³/mol. The minimum Gasteiger partial charge on any atom is -0.475 e. The first-order valence-electron chi connectivity index (χ1n) is 15.2. The fourth-order valence-electron chi connectivity index (χ4n) is 4.55. The Labute approximate surface area is 304 Å². The molecule has 0 aliphatic carbocycles. The minimum atomic E-state index is -5.08. The number of halogens is 7. The third kappa shape index (κ3) is 17.6. The second-order valence-corrected chi connectivity index (χ2v) is 13.2. The molecule has 0 spiro atoms. The van der Waals surface area contributed by atoms with Crippen LogP contribution in [0.15, 0.2) is 53.5 Å². The molecule has 2 aromatic carbocycles. The summed E-state index contributed by atoms with van der Waals surface area (Å²) in [6.07, 6.45) is -8.55. The Bertz CT molecular complexity index is 1660. The van der Waals surface area contributed by atoms with E-state index in [2.05, 4.69) is 15.0 Å². The first-order valence-corrected chi connectivity index (χ1v) is 17.3. The molecule has 0 radical (unpaired) electrons. The average Bonchev–Trinajstić information content (AvgIpc) is 3.55. The van der Waals surface area contributed by atoms with Gasteiger partial charge in [0.05, 0.1) is 5.75 Å². The summed E-state index contributed by atoms with van der Waals surface area (Å²) in [7, 11) is -3.87. The van der Waals surface area contributed by atoms with Gasteiger partial charge in [-0.25, -0.2) is 22.7 Å². The maximum Gasteiger partial charge on any atom is 0.490 e. The van der Waals surface area contributed by atoms with E-state index in [1.54, 1.807) is 42.5 Å². The van der Waals surface area contributed by atoms with Crippen molar-refractivity contribution < 1.29 is 64.2 Å². The van der Waals surface area contributed by atoms with Crippen molar-refractivity contribution in [3.63, 3.8) is 0 Å². The first-order chi connectivity index (χ1) is 24.5. The molecule has 53 heavy (non-hydrogen) atoms. The summed E-state index contributed by atoms with van der Waals surface area (Å²) in [4.78, 5) is 50.0. The molecule has 2 amide bonds. The maximum absolute atomic E-state index is 13.6. The zero-order chi connectivity index (χ0) is 40.6. The molecule has 1 aliphatic rings. The number of guanidine groups is 1. The van der Waals surface area contributed by atoms with E-state index in [0.29, 0.717) is 42.9 Å². The molecule has 2 aromatic rings. The normalized spacial score (nSPS) is 14.8. The van der Waals surface area contributed by atoms with Crippen molar-refractivity contribution in [3.8, 4) is 0 Å². The smallest absolute Gasteiger partial charge is 0.475 e. The molecule has 296 valence electrons. The number of nitrogens with two attached hydrogens (primary N) is 3. The van der Waals surface area contributed by atoms with Crippen LogP contribution in [0.5, 0.6) is 0 Å². The highest BCUT2D eigenvalue weighted by atomic mass is 35.5. The van der Waals surface area contributed by atoms with Crippen LogP contribution >= 0.6 is 11.6 Å². The summed E-state index contributed by atoms with van der Waals surface area (Å²) >= 11 is 6.10. The Hall–Kier alpha value is -4.67. The second kappa shape index (κ2) is 21.1. The molecule has 1 saturated heterocycles. The molecule has 23 heteroatoms. The van der Waals surface area contributed by atoms with Crippen molar-refractivity contribution in [3.05, 3.63) is 70.2 Å². The van der Waals surface area contributed by atoms with Crippen molar-refractivity contribution in [2.24, 2.45) is 22.2 Å². The number of aliphatic imine (C=N–C) groups is 1. The van der Waals surface area contributed by atoms with Gasteiger partial charge in [-0.05, 0) is 54.5 Å². The molecule has 2 atom stereocenters. The zero-order valence-electron chi connectivity index (χ0n) is 27.7. The topological polar surface area (TPSA) is 261 Å². The van der Waals surface area contributed by atoms with Crippen LogP contribution in [-0.4, -0.2) is 90.8 Å². The number of rotatable bonds is 13. The monoisotopic (exact) mass is 805 g/mol. The number of alkyl halides is 6. The van der Waals surface area contributed by atoms with E-state index in [9.17, 15) is 44.3 Å². The Morgan fingerprint density at radius 2 is 1.53 bits per heavy atom. The lowest BCUT2D eigenvalue weighted by Crippen LogP contribution is -2.53. The van der Waals surface area contributed by atoms with E-state index < -0.39 is 52.3 Å². The predicted octanol–water partition coefficient (Wildman–Crippen LogP) is 2.21. The van der Waals surface area contributed by atoms with Crippen molar-refractivity contribution in [2.45, 2.75) is 69.0 Å². The Balaban J connectivity index is 0.000000845. The molecule has 10 N–H and O–H groups in total. The van der Waals surface area contributed by atoms with E-state index in [0.717, 1.165) is 11.1 Å². The summed E-state index contributed by atoms with van der Waals surface area (Å²) < 4.78 is 92.0. The highest BCUT2D eigenvalue weighted by molar-refractivity contribution is 7.88. The average molecular weight is 806 g/mol. The molecule has 1 aliphatic heterocycles. The lowest BCUT2D eigenvalue weighted by atomic mass is 10.1. The van der Waals surface area contributed by atoms with Crippen LogP contribution in [0.4, 0.5) is 26.3 Å². The fraction of sp³-hybridized carbons (Fsp3) is 0.433. The summed E-state index contributed by atoms with van der Waals surface area (Å²) in [6, 6.07) is 12.2. The van der Waals surface area contributed by atoms with E-state index in [1.807, 2.05) is 6.07 Å². The van der Waals surface area contributed by atoms with Gasteiger partial charge in [0.15, 0.2) is 5.96 Å². The molecule has 0 aromatic heterocycles. The SMILES string of the molecule is NCc1ccc(Cl)cc1CNC(=O)[C@@H]1CCCN1C(=O)[C@@H](CCCN=C(N)N)NS(=O)(=O)Cc1ccccc1.O=C(O)C(F)(F)F.O=C(O)C(F)(F)F. The number of amides is 2. The van der Waals surface area contributed by atoms with Gasteiger partial charge in [-0.3, -0.25) is 14.6 Å². The van der Waals surface area contributed by atoms with Gasteiger partial charge >= 0.3 is 24.3 Å². The highest BCUT2D eigenvalue weighted by Crippen LogP contribution is 2.22. The van der Waals surface area contributed by atoms with Crippen LogP contribution in [-0.2, 0) is 48.0 Å². The Morgan fingerprint density at radius 1 is 0.962 bits per heavy atom. The minimum absolute atomic E-state index is 0.0868. The van der Waals surface area contributed by atoms with Crippen molar-refractivity contribution in [1.29, 1.82) is 0 Å². The summed E-state index contributed by atoms with van der Waals surface area (Å²) in [5, 5.41) is 17.7. The van der Waals surface area contributed by atoms with Gasteiger partial charge in [0.25, 0.3) is 0 Å². The van der Waals surface area contributed by atoms with Crippen LogP contribution in [0.2, 0.25) is 5.02 Å². The number of nitrogens with one attached hydrogen (secondary N) is 2. The lowest BCUT2D eigenvalue weighted by Gasteiger charge is -2.29. The van der Waals surface area contributed by atoms with Gasteiger partial charge in [0, 0.05) is 31.2 Å². The standard InChI is InChI=1S/C26H36ClN7O4S.2C2HF3O2/c27-21-11-10-19(15-28)20(14-21)16-32-24(35)23-9-5-13-34(23)25(36)22(8-4-12-31-26(29)30)33-39(37,38)17-18-6-2-1-3-7-18;2*3-2(4,5)1(6)7/h1-3,6-7,10-11,14,22-23,33H,4-5,8-9,12-13,15-17,28H2,(H,32,35)(H4,29,30,31);2*(H,6,7)/t22-,23+;;/m1../s1. The zero-order valence-corrected chi connectivity index (χ0v) is 29.2. The van der Waals surface area contributed by atoms with Crippen LogP contribution in [0.1, 0.15) is 42.4 Å². The number of sulfonamides is 1. The molecule has 15 nitrogen and oxygen atoms in total. The number of hydrogen-bond donors (Lipinski definition) is 7. The number of likely N-dealkylation sites (tertiary alicyclic amines) is 1. The van der Waals surface area contributed by atoms with Gasteiger partial charge in [-0.1, -0.05) is 48.0 Å². The molecule has 0 bridgehead atoms. The number of carbonyl (C=O) groups is 4. The van der Waals surface area contributed by atoms with Crippen LogP contribution in [0, 0.1) is 0 Å². The van der Waals surface area contributed by atoms with Crippen molar-refractivity contribution in [1.82, 2.24) is 14.9 Å². The van der Waals surface area contributed by atoms with Crippen LogP contribution in [0.3, 0.4) is 0 Å². The van der Waals surface area contributed by atoms with E-state index in [-0.39, 0.29) is 37.1 Å². The molecule has 0 saturated carbocycles. The number of carboxylic acid groups (broad SMARTS) is 2. The van der Waals surface area contributed by atoms with Gasteiger partial charge in [-0.15, -0.1) is 0 Å². The molecule has 3 rings (SSSR count). The summed E-state index contributed by atoms with van der Waals surface area (Å²) in [6.45, 7) is 1.07. The second-order valence-electron chi connectivity index (χ2n) is 11.0. The largest absolute Gasteiger partial charge is 0.490 e. The highest BCUT2D eigenvalue weighted by Gasteiger charge is 2.39. The van der Waals surface area contributed by atoms with Crippen LogP contribution in [0.25, 0.3) is 0 Å². The third-order valence-corrected chi connectivity index (χ3v) is 8.52. The summed E-state index contributed by atoms with van der Waals surface area (Å²) in [5.74, 6) is -6.66. The number of nitrogens with zero attached hydrogens (tertiary/aromatic N) is 2. The lowest BCUT2D eigenvalue weighted by molar-refractivity contribution is -0.193. The molecule has 0 unspecified atom stereocenters. The molecule has 1 fully saturated rings. The van der Waals surface area contributed by atoms with E-state index in [1.165, 1.54) is 4.90 Å². The maximum atomic E-state index is 13.6. The number of benzene rings is 2. The number of aliphatic carboxylic acids is 2. The Morgan fingerprint density at radius 3 is 2.04 bits per heavy atom. The summed E-state index contributed by atoms with van der Waals surface area (Å²) in [5.41, 5.74) is 18.8. The number of hydrogen-bond acceptors (Lipinski definition) is 8. The van der Waals surface area contributed by atoms with E-state index >= 15 is 0 Å². The third-order valence-electron chi connectivity index (χ3n) is 6.93. The van der Waals surface area contributed by atoms with Gasteiger partial charge in [-0.2, -0.15) is 26.3 Å². The fourth-order valence-corrected chi connectivity index (χ4v) is 6.11. The Kier molecular flexibility index (Phi) is 18.5. The number of carbonyl (C=O) groups excluding carboxylic acids is 2. The van der Waals surface area contributed by atoms with E-state index in [4.69, 9.17) is 48.6 Å². The van der Waals surface area contributed by atoms with Gasteiger partial charge in [0.1, 0.15) is 12.1 Å². The molecular weight excluding hydrogens is 768 g/mol. The molecular formula is C30H38ClF6N7O8S. The number of carboxylic acids is 2. The molecule has 1 heterocycles. The van der Waals surface area contributed by atoms with Crippen molar-refractivity contribution >= 4 is 51.3 Å². The van der Waals surface area contributed by atoms with Crippen molar-refractivity contribution in [2.75, 3.05) is 13.1 Å². The van der Waals surface area contributed by atoms with Gasteiger partial charge in [0.2, 0.25) is 21.8 Å². The van der Waals surface area contributed by atoms with Crippen LogP contribution < -0.4 is 27.2 Å². The quantitative estimate of drug-likeness (QED) is 0.0668. The van der Waals surface area contributed by atoms with Gasteiger partial charge < -0.3 is 37.6 Å². The first kappa shape index (κ1) is 46.4.